The maximum atomic E-state index is 11.7. The number of benzene rings is 3. The van der Waals surface area contributed by atoms with E-state index in [9.17, 15) is 8.42 Å². The zero-order valence-corrected chi connectivity index (χ0v) is 16.2. The second-order valence-electron chi connectivity index (χ2n) is 5.59. The Morgan fingerprint density at radius 3 is 1.92 bits per heavy atom. The van der Waals surface area contributed by atoms with Gasteiger partial charge in [0.25, 0.3) is 0 Å². The molecule has 3 aromatic rings. The molecule has 0 aliphatic carbocycles. The van der Waals surface area contributed by atoms with Crippen molar-refractivity contribution in [1.29, 1.82) is 0 Å². The lowest BCUT2D eigenvalue weighted by Crippen LogP contribution is -1.96. The predicted molar refractivity (Wildman–Crippen MR) is 105 cm³/mol. The average Bonchev–Trinajstić information content (AvgIpc) is 2.55. The van der Waals surface area contributed by atoms with Crippen molar-refractivity contribution < 1.29 is 8.42 Å². The average molecular weight is 412 g/mol. The van der Waals surface area contributed by atoms with Crippen LogP contribution in [0.5, 0.6) is 0 Å². The standard InChI is InChI=1S/C19H13Cl3O2S/c1-25(23,24)14-5-2-4-12(10-14)13-8-9-15(18(22)11-13)19-16(20)6-3-7-17(19)21/h2-11H,1H3. The molecule has 0 unspecified atom stereocenters. The molecule has 6 heteroatoms. The van der Waals surface area contributed by atoms with Crippen LogP contribution in [-0.2, 0) is 9.84 Å². The molecule has 2 nitrogen and oxygen atoms in total. The van der Waals surface area contributed by atoms with E-state index in [4.69, 9.17) is 34.8 Å². The molecule has 0 aliphatic rings. The first-order valence-electron chi connectivity index (χ1n) is 7.32. The van der Waals surface area contributed by atoms with E-state index in [-0.39, 0.29) is 4.90 Å². The summed E-state index contributed by atoms with van der Waals surface area (Å²) in [6.45, 7) is 0. The minimum Gasteiger partial charge on any atom is -0.224 e. The first-order chi connectivity index (χ1) is 11.8. The number of hydrogen-bond acceptors (Lipinski definition) is 2. The highest BCUT2D eigenvalue weighted by molar-refractivity contribution is 7.90. The molecule has 0 saturated heterocycles. The molecular formula is C19H13Cl3O2S. The summed E-state index contributed by atoms with van der Waals surface area (Å²) < 4.78 is 23.5. The van der Waals surface area contributed by atoms with Crippen molar-refractivity contribution in [2.75, 3.05) is 6.26 Å². The third-order valence-electron chi connectivity index (χ3n) is 3.80. The van der Waals surface area contributed by atoms with Crippen molar-refractivity contribution in [1.82, 2.24) is 0 Å². The quantitative estimate of drug-likeness (QED) is 0.501. The van der Waals surface area contributed by atoms with Crippen molar-refractivity contribution in [2.45, 2.75) is 4.90 Å². The summed E-state index contributed by atoms with van der Waals surface area (Å²) in [4.78, 5) is 0.263. The van der Waals surface area contributed by atoms with E-state index < -0.39 is 9.84 Å². The largest absolute Gasteiger partial charge is 0.224 e. The van der Waals surface area contributed by atoms with E-state index in [1.807, 2.05) is 18.2 Å². The summed E-state index contributed by atoms with van der Waals surface area (Å²) in [5.74, 6) is 0. The van der Waals surface area contributed by atoms with Gasteiger partial charge in [-0.25, -0.2) is 8.42 Å². The lowest BCUT2D eigenvalue weighted by Gasteiger charge is -2.11. The molecule has 0 heterocycles. The molecule has 3 rings (SSSR count). The van der Waals surface area contributed by atoms with E-state index in [0.29, 0.717) is 20.6 Å². The van der Waals surface area contributed by atoms with Crippen LogP contribution in [0.25, 0.3) is 22.3 Å². The van der Waals surface area contributed by atoms with Gasteiger partial charge in [-0.3, -0.25) is 0 Å². The summed E-state index contributed by atoms with van der Waals surface area (Å²) in [5.41, 5.74) is 2.97. The Hall–Kier alpha value is -1.52. The summed E-state index contributed by atoms with van der Waals surface area (Å²) in [7, 11) is -3.27. The number of hydrogen-bond donors (Lipinski definition) is 0. The summed E-state index contributed by atoms with van der Waals surface area (Å²) in [6, 6.07) is 17.5. The molecule has 25 heavy (non-hydrogen) atoms. The van der Waals surface area contributed by atoms with Crippen LogP contribution in [0.1, 0.15) is 0 Å². The molecule has 0 aromatic heterocycles. The Balaban J connectivity index is 2.10. The molecule has 0 aliphatic heterocycles. The van der Waals surface area contributed by atoms with Crippen LogP contribution < -0.4 is 0 Å². The molecule has 0 spiro atoms. The van der Waals surface area contributed by atoms with Crippen LogP contribution in [0, 0.1) is 0 Å². The van der Waals surface area contributed by atoms with Gasteiger partial charge in [-0.2, -0.15) is 0 Å². The highest BCUT2D eigenvalue weighted by Crippen LogP contribution is 2.40. The molecule has 0 radical (unpaired) electrons. The van der Waals surface area contributed by atoms with Crippen LogP contribution in [0.2, 0.25) is 15.1 Å². The molecule has 0 saturated carbocycles. The van der Waals surface area contributed by atoms with Gasteiger partial charge < -0.3 is 0 Å². The first kappa shape index (κ1) is 18.3. The SMILES string of the molecule is CS(=O)(=O)c1cccc(-c2ccc(-c3c(Cl)cccc3Cl)c(Cl)c2)c1. The predicted octanol–water partition coefficient (Wildman–Crippen LogP) is 6.38. The van der Waals surface area contributed by atoms with Crippen molar-refractivity contribution in [3.8, 4) is 22.3 Å². The van der Waals surface area contributed by atoms with Crippen molar-refractivity contribution >= 4 is 44.6 Å². The summed E-state index contributed by atoms with van der Waals surface area (Å²) in [5, 5.41) is 1.51. The van der Waals surface area contributed by atoms with E-state index in [1.165, 1.54) is 6.26 Å². The zero-order chi connectivity index (χ0) is 18.2. The topological polar surface area (TPSA) is 34.1 Å². The Kier molecular flexibility index (Phi) is 5.12. The lowest BCUT2D eigenvalue weighted by molar-refractivity contribution is 0.602. The number of halogens is 3. The fraction of sp³-hybridized carbons (Fsp3) is 0.0526. The van der Waals surface area contributed by atoms with Crippen molar-refractivity contribution in [2.24, 2.45) is 0 Å². The van der Waals surface area contributed by atoms with Crippen molar-refractivity contribution in [3.63, 3.8) is 0 Å². The third-order valence-corrected chi connectivity index (χ3v) is 5.85. The molecule has 3 aromatic carbocycles. The Bertz CT molecular complexity index is 1040. The van der Waals surface area contributed by atoms with Gasteiger partial charge >= 0.3 is 0 Å². The second-order valence-corrected chi connectivity index (χ2v) is 8.83. The fourth-order valence-electron chi connectivity index (χ4n) is 2.56. The van der Waals surface area contributed by atoms with Gasteiger partial charge in [0, 0.05) is 32.5 Å². The number of sulfone groups is 1. The summed E-state index contributed by atoms with van der Waals surface area (Å²) in [6.07, 6.45) is 1.18. The molecule has 0 fully saturated rings. The van der Waals surface area contributed by atoms with Crippen LogP contribution >= 0.6 is 34.8 Å². The van der Waals surface area contributed by atoms with Crippen LogP contribution in [0.15, 0.2) is 65.6 Å². The second kappa shape index (κ2) is 7.00. The lowest BCUT2D eigenvalue weighted by atomic mass is 10.00. The fourth-order valence-corrected chi connectivity index (χ4v) is 4.10. The maximum Gasteiger partial charge on any atom is 0.175 e. The smallest absolute Gasteiger partial charge is 0.175 e. The van der Waals surface area contributed by atoms with Gasteiger partial charge in [0.2, 0.25) is 0 Å². The Morgan fingerprint density at radius 2 is 1.32 bits per heavy atom. The van der Waals surface area contributed by atoms with E-state index in [2.05, 4.69) is 0 Å². The highest BCUT2D eigenvalue weighted by Gasteiger charge is 2.13. The normalized spacial score (nSPS) is 11.5. The Morgan fingerprint density at radius 1 is 0.720 bits per heavy atom. The monoisotopic (exact) mass is 410 g/mol. The van der Waals surface area contributed by atoms with Gasteiger partial charge in [-0.15, -0.1) is 0 Å². The van der Waals surface area contributed by atoms with Crippen LogP contribution in [0.3, 0.4) is 0 Å². The number of rotatable bonds is 3. The minimum absolute atomic E-state index is 0.263. The zero-order valence-electron chi connectivity index (χ0n) is 13.1. The molecule has 0 atom stereocenters. The maximum absolute atomic E-state index is 11.7. The van der Waals surface area contributed by atoms with Gasteiger partial charge in [0.05, 0.1) is 4.90 Å². The van der Waals surface area contributed by atoms with E-state index >= 15 is 0 Å². The molecule has 0 N–H and O–H groups in total. The third kappa shape index (κ3) is 3.85. The van der Waals surface area contributed by atoms with Crippen LogP contribution in [-0.4, -0.2) is 14.7 Å². The first-order valence-corrected chi connectivity index (χ1v) is 10.3. The Labute approximate surface area is 161 Å². The molecule has 0 amide bonds. The molecular weight excluding hydrogens is 399 g/mol. The van der Waals surface area contributed by atoms with Crippen molar-refractivity contribution in [3.05, 3.63) is 75.7 Å². The van der Waals surface area contributed by atoms with E-state index in [0.717, 1.165) is 16.7 Å². The summed E-state index contributed by atoms with van der Waals surface area (Å²) >= 11 is 19.0. The van der Waals surface area contributed by atoms with Gasteiger partial charge in [-0.1, -0.05) is 65.1 Å². The highest BCUT2D eigenvalue weighted by atomic mass is 35.5. The van der Waals surface area contributed by atoms with E-state index in [1.54, 1.807) is 42.5 Å². The van der Waals surface area contributed by atoms with Crippen LogP contribution in [0.4, 0.5) is 0 Å². The van der Waals surface area contributed by atoms with Gasteiger partial charge in [-0.05, 0) is 41.5 Å². The molecule has 0 bridgehead atoms. The minimum atomic E-state index is -3.27. The van der Waals surface area contributed by atoms with Gasteiger partial charge in [0.15, 0.2) is 9.84 Å². The van der Waals surface area contributed by atoms with Gasteiger partial charge in [0.1, 0.15) is 0 Å². The molecule has 128 valence electrons.